The van der Waals surface area contributed by atoms with Gasteiger partial charge in [-0.05, 0) is 67.2 Å². The molecule has 1 N–H and O–H groups in total. The summed E-state index contributed by atoms with van der Waals surface area (Å²) >= 11 is 0. The van der Waals surface area contributed by atoms with E-state index in [2.05, 4.69) is 19.2 Å². The van der Waals surface area contributed by atoms with Crippen LogP contribution in [0.2, 0.25) is 0 Å². The molecule has 170 valence electrons. The van der Waals surface area contributed by atoms with E-state index in [1.165, 1.54) is 12.1 Å². The summed E-state index contributed by atoms with van der Waals surface area (Å²) in [6.45, 7) is 6.24. The van der Waals surface area contributed by atoms with Gasteiger partial charge in [-0.25, -0.2) is 0 Å². The van der Waals surface area contributed by atoms with Crippen molar-refractivity contribution in [1.82, 2.24) is 10.2 Å². The predicted molar refractivity (Wildman–Crippen MR) is 110 cm³/mol. The zero-order valence-corrected chi connectivity index (χ0v) is 18.2. The lowest BCUT2D eigenvalue weighted by Gasteiger charge is -2.34. The Morgan fingerprint density at radius 2 is 2.00 bits per heavy atom. The fraction of sp³-hybridized carbons (Fsp3) is 0.708. The number of carbonyl (C=O) groups is 1. The number of amides is 1. The molecule has 4 nitrogen and oxygen atoms in total. The highest BCUT2D eigenvalue weighted by Gasteiger charge is 2.60. The predicted octanol–water partition coefficient (Wildman–Crippen LogP) is 4.16. The zero-order chi connectivity index (χ0) is 22.0. The van der Waals surface area contributed by atoms with Crippen LogP contribution in [0.1, 0.15) is 56.2 Å². The van der Waals surface area contributed by atoms with Crippen molar-refractivity contribution in [2.45, 2.75) is 76.8 Å². The SMILES string of the molecule is CC1C2Cc3ccc(C(F)(F)F)cc3CN2C(=O)[C@]12CCC(N[C@H]1CCOC[C@H]1C)C2. The third-order valence-corrected chi connectivity index (χ3v) is 8.48. The molecule has 3 fully saturated rings. The second-order valence-corrected chi connectivity index (χ2v) is 10.2. The number of carbonyl (C=O) groups excluding carboxylic acids is 1. The van der Waals surface area contributed by atoms with Crippen LogP contribution in [0.5, 0.6) is 0 Å². The molecule has 1 aromatic carbocycles. The van der Waals surface area contributed by atoms with Gasteiger partial charge in [0.25, 0.3) is 0 Å². The second kappa shape index (κ2) is 7.48. The molecule has 4 aliphatic rings. The number of halogens is 3. The lowest BCUT2D eigenvalue weighted by Crippen LogP contribution is -2.46. The summed E-state index contributed by atoms with van der Waals surface area (Å²) in [4.78, 5) is 15.5. The molecular weight excluding hydrogens is 405 g/mol. The van der Waals surface area contributed by atoms with Crippen molar-refractivity contribution in [3.8, 4) is 0 Å². The summed E-state index contributed by atoms with van der Waals surface area (Å²) in [5.41, 5.74) is 0.586. The van der Waals surface area contributed by atoms with E-state index in [1.54, 1.807) is 6.07 Å². The highest BCUT2D eigenvalue weighted by molar-refractivity contribution is 5.87. The van der Waals surface area contributed by atoms with Crippen LogP contribution in [-0.2, 0) is 28.7 Å². The molecule has 3 aliphatic heterocycles. The number of alkyl halides is 3. The van der Waals surface area contributed by atoms with Gasteiger partial charge in [-0.2, -0.15) is 13.2 Å². The van der Waals surface area contributed by atoms with Gasteiger partial charge in [-0.3, -0.25) is 4.79 Å². The van der Waals surface area contributed by atoms with E-state index in [0.29, 0.717) is 36.5 Å². The van der Waals surface area contributed by atoms with Crippen molar-refractivity contribution >= 4 is 5.91 Å². The normalized spacial score (nSPS) is 37.9. The van der Waals surface area contributed by atoms with Crippen LogP contribution in [0.15, 0.2) is 18.2 Å². The second-order valence-electron chi connectivity index (χ2n) is 10.2. The minimum absolute atomic E-state index is 0.0810. The molecule has 31 heavy (non-hydrogen) atoms. The van der Waals surface area contributed by atoms with Crippen LogP contribution in [0.25, 0.3) is 0 Å². The molecule has 1 amide bonds. The van der Waals surface area contributed by atoms with Gasteiger partial charge < -0.3 is 15.0 Å². The minimum atomic E-state index is -4.36. The molecular formula is C24H31F3N2O2. The summed E-state index contributed by atoms with van der Waals surface area (Å²) < 4.78 is 45.1. The first-order valence-corrected chi connectivity index (χ1v) is 11.5. The highest BCUT2D eigenvalue weighted by atomic mass is 19.4. The number of benzene rings is 1. The monoisotopic (exact) mass is 436 g/mol. The Morgan fingerprint density at radius 1 is 1.19 bits per heavy atom. The van der Waals surface area contributed by atoms with Crippen LogP contribution in [0, 0.1) is 17.3 Å². The molecule has 6 atom stereocenters. The molecule has 1 saturated carbocycles. The molecule has 0 bridgehead atoms. The Labute approximate surface area is 181 Å². The lowest BCUT2D eigenvalue weighted by atomic mass is 9.73. The van der Waals surface area contributed by atoms with Gasteiger partial charge in [0, 0.05) is 31.3 Å². The first-order chi connectivity index (χ1) is 14.7. The summed E-state index contributed by atoms with van der Waals surface area (Å²) in [5, 5.41) is 3.81. The smallest absolute Gasteiger partial charge is 0.381 e. The van der Waals surface area contributed by atoms with E-state index >= 15 is 0 Å². The molecule has 1 spiro atoms. The van der Waals surface area contributed by atoms with Gasteiger partial charge in [0.15, 0.2) is 0 Å². The van der Waals surface area contributed by atoms with Crippen LogP contribution < -0.4 is 5.32 Å². The Balaban J connectivity index is 1.34. The summed E-state index contributed by atoms with van der Waals surface area (Å²) in [5.74, 6) is 0.817. The first-order valence-electron chi connectivity index (χ1n) is 11.5. The minimum Gasteiger partial charge on any atom is -0.381 e. The molecule has 2 saturated heterocycles. The quantitative estimate of drug-likeness (QED) is 0.757. The molecule has 7 heteroatoms. The van der Waals surface area contributed by atoms with E-state index in [9.17, 15) is 18.0 Å². The summed E-state index contributed by atoms with van der Waals surface area (Å²) in [6, 6.07) is 4.85. The molecule has 3 heterocycles. The number of ether oxygens (including phenoxy) is 1. The van der Waals surface area contributed by atoms with Crippen molar-refractivity contribution in [3.63, 3.8) is 0 Å². The van der Waals surface area contributed by atoms with E-state index < -0.39 is 11.7 Å². The fourth-order valence-corrected chi connectivity index (χ4v) is 6.56. The summed E-state index contributed by atoms with van der Waals surface area (Å²) in [6.07, 6.45) is -0.0441. The number of hydrogen-bond acceptors (Lipinski definition) is 3. The molecule has 0 aromatic heterocycles. The molecule has 0 radical (unpaired) electrons. The van der Waals surface area contributed by atoms with E-state index in [1.807, 2.05) is 4.90 Å². The number of nitrogens with one attached hydrogen (secondary N) is 1. The lowest BCUT2D eigenvalue weighted by molar-refractivity contribution is -0.137. The van der Waals surface area contributed by atoms with Gasteiger partial charge in [0.2, 0.25) is 5.91 Å². The van der Waals surface area contributed by atoms with Crippen LogP contribution in [0.3, 0.4) is 0 Å². The third kappa shape index (κ3) is 3.48. The Bertz CT molecular complexity index is 873. The summed E-state index contributed by atoms with van der Waals surface area (Å²) in [7, 11) is 0. The largest absolute Gasteiger partial charge is 0.416 e. The maximum atomic E-state index is 13.6. The van der Waals surface area contributed by atoms with Crippen molar-refractivity contribution in [3.05, 3.63) is 34.9 Å². The maximum Gasteiger partial charge on any atom is 0.416 e. The van der Waals surface area contributed by atoms with Crippen LogP contribution in [-0.4, -0.2) is 42.1 Å². The van der Waals surface area contributed by atoms with Gasteiger partial charge in [-0.1, -0.05) is 19.9 Å². The molecule has 5 rings (SSSR count). The maximum absolute atomic E-state index is 13.6. The Morgan fingerprint density at radius 3 is 2.74 bits per heavy atom. The van der Waals surface area contributed by atoms with Gasteiger partial charge in [0.1, 0.15) is 0 Å². The number of hydrogen-bond donors (Lipinski definition) is 1. The van der Waals surface area contributed by atoms with E-state index in [0.717, 1.165) is 44.5 Å². The fourth-order valence-electron chi connectivity index (χ4n) is 6.56. The van der Waals surface area contributed by atoms with Crippen molar-refractivity contribution in [1.29, 1.82) is 0 Å². The standard InChI is InChI=1S/C24H31F3N2O2/c1-14-13-31-8-6-20(14)28-19-5-7-23(11-19)15(2)21-10-16-3-4-18(24(25,26)27)9-17(16)12-29(21)22(23)30/h3-4,9,14-15,19-21,28H,5-8,10-13H2,1-2H3/t14-,15?,19?,20+,21?,23+/m1/s1. The third-order valence-electron chi connectivity index (χ3n) is 8.48. The number of nitrogens with zero attached hydrogens (tertiary/aromatic N) is 1. The molecule has 1 aliphatic carbocycles. The molecule has 1 aromatic rings. The average Bonchev–Trinajstić information content (AvgIpc) is 3.24. The average molecular weight is 437 g/mol. The Hall–Kier alpha value is -1.60. The topological polar surface area (TPSA) is 41.6 Å². The van der Waals surface area contributed by atoms with E-state index in [4.69, 9.17) is 4.74 Å². The van der Waals surface area contributed by atoms with Gasteiger partial charge in [-0.15, -0.1) is 0 Å². The van der Waals surface area contributed by atoms with Gasteiger partial charge >= 0.3 is 6.18 Å². The van der Waals surface area contributed by atoms with Crippen LogP contribution in [0.4, 0.5) is 13.2 Å². The number of rotatable bonds is 2. The first kappa shape index (κ1) is 21.3. The van der Waals surface area contributed by atoms with Crippen LogP contribution >= 0.6 is 0 Å². The van der Waals surface area contributed by atoms with Crippen molar-refractivity contribution in [2.75, 3.05) is 13.2 Å². The van der Waals surface area contributed by atoms with Crippen molar-refractivity contribution in [2.24, 2.45) is 17.3 Å². The highest BCUT2D eigenvalue weighted by Crippen LogP contribution is 2.54. The zero-order valence-electron chi connectivity index (χ0n) is 18.2. The molecule has 3 unspecified atom stereocenters. The Kier molecular flexibility index (Phi) is 5.13. The van der Waals surface area contributed by atoms with Gasteiger partial charge in [0.05, 0.1) is 17.6 Å². The van der Waals surface area contributed by atoms with Crippen molar-refractivity contribution < 1.29 is 22.7 Å². The number of fused-ring (bicyclic) bond motifs is 2. The van der Waals surface area contributed by atoms with E-state index in [-0.39, 0.29) is 23.3 Å².